The summed E-state index contributed by atoms with van der Waals surface area (Å²) in [5.74, 6) is -2.86. The Balaban J connectivity index is 2.40. The smallest absolute Gasteiger partial charge is 0.433 e. The van der Waals surface area contributed by atoms with Gasteiger partial charge in [0.15, 0.2) is 6.23 Å². The third-order valence-electron chi connectivity index (χ3n) is 4.63. The first-order valence-electron chi connectivity index (χ1n) is 8.24. The zero-order chi connectivity index (χ0) is 19.5. The highest BCUT2D eigenvalue weighted by molar-refractivity contribution is 6.30. The van der Waals surface area contributed by atoms with Crippen molar-refractivity contribution in [1.29, 1.82) is 0 Å². The number of benzene rings is 1. The van der Waals surface area contributed by atoms with Gasteiger partial charge in [0, 0.05) is 23.7 Å². The second-order valence-corrected chi connectivity index (χ2v) is 6.49. The molecule has 1 atom stereocenters. The lowest BCUT2D eigenvalue weighted by Crippen LogP contribution is -2.69. The fourth-order valence-electron chi connectivity index (χ4n) is 3.12. The van der Waals surface area contributed by atoms with Crippen molar-refractivity contribution in [3.05, 3.63) is 34.9 Å². The van der Waals surface area contributed by atoms with Gasteiger partial charge in [0.1, 0.15) is 0 Å². The van der Waals surface area contributed by atoms with Crippen molar-refractivity contribution in [2.45, 2.75) is 44.6 Å². The molecule has 5 nitrogen and oxygen atoms in total. The lowest BCUT2D eigenvalue weighted by molar-refractivity contribution is -0.219. The highest BCUT2D eigenvalue weighted by atomic mass is 35.5. The normalized spacial score (nSPS) is 19.9. The van der Waals surface area contributed by atoms with Gasteiger partial charge in [-0.25, -0.2) is 4.79 Å². The van der Waals surface area contributed by atoms with E-state index in [9.17, 15) is 22.8 Å². The van der Waals surface area contributed by atoms with Gasteiger partial charge < -0.3 is 15.0 Å². The highest BCUT2D eigenvalue weighted by Gasteiger charge is 2.51. The molecule has 1 aromatic carbocycles. The zero-order valence-electron chi connectivity index (χ0n) is 14.4. The largest absolute Gasteiger partial charge is 0.491 e. The zero-order valence-corrected chi connectivity index (χ0v) is 15.2. The number of hydrogen-bond acceptors (Lipinski definition) is 4. The minimum Gasteiger partial charge on any atom is -0.433 e. The lowest BCUT2D eigenvalue weighted by atomic mass is 9.87. The van der Waals surface area contributed by atoms with Crippen LogP contribution in [-0.4, -0.2) is 47.8 Å². The number of piperazine rings is 1. The molecule has 1 amide bonds. The third kappa shape index (κ3) is 4.12. The molecule has 1 unspecified atom stereocenters. The van der Waals surface area contributed by atoms with Gasteiger partial charge in [0.2, 0.25) is 0 Å². The van der Waals surface area contributed by atoms with Crippen LogP contribution in [0.4, 0.5) is 13.2 Å². The lowest BCUT2D eigenvalue weighted by Gasteiger charge is -2.49. The molecule has 0 saturated carbocycles. The van der Waals surface area contributed by atoms with Gasteiger partial charge in [-0.05, 0) is 31.0 Å². The summed E-state index contributed by atoms with van der Waals surface area (Å²) in [6.07, 6.45) is -5.78. The Morgan fingerprint density at radius 1 is 1.35 bits per heavy atom. The Morgan fingerprint density at radius 2 is 2.00 bits per heavy atom. The Hall–Kier alpha value is -1.80. The number of nitrogens with one attached hydrogen (secondary N) is 1. The van der Waals surface area contributed by atoms with Crippen LogP contribution in [0, 0.1) is 0 Å². The molecule has 1 fully saturated rings. The summed E-state index contributed by atoms with van der Waals surface area (Å²) in [4.78, 5) is 25.5. The van der Waals surface area contributed by atoms with Crippen LogP contribution in [0.25, 0.3) is 0 Å². The first-order chi connectivity index (χ1) is 12.1. The van der Waals surface area contributed by atoms with Gasteiger partial charge in [-0.15, -0.1) is 0 Å². The number of halogens is 4. The Labute approximate surface area is 154 Å². The molecule has 1 aliphatic heterocycles. The summed E-state index contributed by atoms with van der Waals surface area (Å²) >= 11 is 5.90. The molecule has 1 aliphatic rings. The van der Waals surface area contributed by atoms with E-state index < -0.39 is 29.8 Å². The van der Waals surface area contributed by atoms with E-state index >= 15 is 0 Å². The molecule has 1 N–H and O–H groups in total. The number of hydrogen-bond donors (Lipinski definition) is 1. The molecule has 26 heavy (non-hydrogen) atoms. The molecular weight excluding hydrogens is 373 g/mol. The van der Waals surface area contributed by atoms with E-state index in [2.05, 4.69) is 5.32 Å². The molecule has 9 heteroatoms. The van der Waals surface area contributed by atoms with Crippen molar-refractivity contribution in [3.8, 4) is 0 Å². The quantitative estimate of drug-likeness (QED) is 0.798. The summed E-state index contributed by atoms with van der Waals surface area (Å²) in [7, 11) is 0. The predicted molar refractivity (Wildman–Crippen MR) is 89.7 cm³/mol. The van der Waals surface area contributed by atoms with E-state index in [4.69, 9.17) is 16.3 Å². The average Bonchev–Trinajstić information content (AvgIpc) is 2.60. The van der Waals surface area contributed by atoms with Crippen molar-refractivity contribution in [3.63, 3.8) is 0 Å². The number of ether oxygens (including phenoxy) is 1. The standard InChI is InChI=1S/C17H20ClF3N2O3/c1-3-16(4-2)14(26-15(25)17(19,20)21)23(9-8-22-16)13(24)11-6-5-7-12(18)10-11/h5-7,10,14,22H,3-4,8-9H2,1-2H3. The predicted octanol–water partition coefficient (Wildman–Crippen LogP) is 3.38. The van der Waals surface area contributed by atoms with E-state index in [1.165, 1.54) is 17.0 Å². The maximum Gasteiger partial charge on any atom is 0.491 e. The van der Waals surface area contributed by atoms with Gasteiger partial charge in [-0.1, -0.05) is 31.5 Å². The van der Waals surface area contributed by atoms with Crippen LogP contribution in [0.1, 0.15) is 37.0 Å². The van der Waals surface area contributed by atoms with Gasteiger partial charge >= 0.3 is 12.1 Å². The van der Waals surface area contributed by atoms with E-state index in [1.54, 1.807) is 26.0 Å². The fraction of sp³-hybridized carbons (Fsp3) is 0.529. The Bertz CT molecular complexity index is 677. The molecule has 0 aliphatic carbocycles. The molecule has 0 bridgehead atoms. The van der Waals surface area contributed by atoms with Crippen LogP contribution in [0.3, 0.4) is 0 Å². The van der Waals surface area contributed by atoms with Crippen LogP contribution in [0.2, 0.25) is 5.02 Å². The van der Waals surface area contributed by atoms with E-state index in [1.807, 2.05) is 0 Å². The minimum atomic E-state index is -5.14. The SMILES string of the molecule is CCC1(CC)NCCN(C(=O)c2cccc(Cl)c2)C1OC(=O)C(F)(F)F. The van der Waals surface area contributed by atoms with Crippen LogP contribution in [0.15, 0.2) is 24.3 Å². The van der Waals surface area contributed by atoms with E-state index in [-0.39, 0.29) is 12.1 Å². The van der Waals surface area contributed by atoms with E-state index in [0.717, 1.165) is 0 Å². The molecule has 0 aromatic heterocycles. The van der Waals surface area contributed by atoms with Crippen molar-refractivity contribution in [2.75, 3.05) is 13.1 Å². The van der Waals surface area contributed by atoms with E-state index in [0.29, 0.717) is 24.4 Å². The fourth-order valence-corrected chi connectivity index (χ4v) is 3.31. The first kappa shape index (κ1) is 20.5. The number of amides is 1. The van der Waals surface area contributed by atoms with Crippen LogP contribution < -0.4 is 5.32 Å². The molecule has 1 heterocycles. The second kappa shape index (κ2) is 7.84. The highest BCUT2D eigenvalue weighted by Crippen LogP contribution is 2.31. The maximum absolute atomic E-state index is 12.9. The van der Waals surface area contributed by atoms with Gasteiger partial charge in [-0.3, -0.25) is 4.79 Å². The number of carbonyl (C=O) groups is 2. The first-order valence-corrected chi connectivity index (χ1v) is 8.61. The molecule has 0 radical (unpaired) electrons. The molecule has 2 rings (SSSR count). The number of esters is 1. The van der Waals surface area contributed by atoms with Crippen LogP contribution >= 0.6 is 11.6 Å². The van der Waals surface area contributed by atoms with Crippen molar-refractivity contribution < 1.29 is 27.5 Å². The number of nitrogens with zero attached hydrogens (tertiary/aromatic N) is 1. The summed E-state index contributed by atoms with van der Waals surface area (Å²) in [6, 6.07) is 6.09. The monoisotopic (exact) mass is 392 g/mol. The summed E-state index contributed by atoms with van der Waals surface area (Å²) in [6.45, 7) is 3.99. The van der Waals surface area contributed by atoms with Crippen molar-refractivity contribution >= 4 is 23.5 Å². The minimum absolute atomic E-state index is 0.100. The second-order valence-electron chi connectivity index (χ2n) is 6.05. The summed E-state index contributed by atoms with van der Waals surface area (Å²) < 4.78 is 43.0. The molecule has 144 valence electrons. The van der Waals surface area contributed by atoms with Crippen LogP contribution in [0.5, 0.6) is 0 Å². The van der Waals surface area contributed by atoms with Gasteiger partial charge in [0.05, 0.1) is 5.54 Å². The summed E-state index contributed by atoms with van der Waals surface area (Å²) in [5.41, 5.74) is -0.749. The number of carbonyl (C=O) groups excluding carboxylic acids is 2. The van der Waals surface area contributed by atoms with Gasteiger partial charge in [-0.2, -0.15) is 13.2 Å². The summed E-state index contributed by atoms with van der Waals surface area (Å²) in [5, 5.41) is 3.45. The van der Waals surface area contributed by atoms with Crippen molar-refractivity contribution in [1.82, 2.24) is 10.2 Å². The third-order valence-corrected chi connectivity index (χ3v) is 4.87. The van der Waals surface area contributed by atoms with Crippen molar-refractivity contribution in [2.24, 2.45) is 0 Å². The number of rotatable bonds is 4. The molecule has 1 aromatic rings. The van der Waals surface area contributed by atoms with Gasteiger partial charge in [0.25, 0.3) is 5.91 Å². The molecular formula is C17H20ClF3N2O3. The Kier molecular flexibility index (Phi) is 6.18. The number of alkyl halides is 3. The maximum atomic E-state index is 12.9. The van der Waals surface area contributed by atoms with Crippen LogP contribution in [-0.2, 0) is 9.53 Å². The molecule has 1 saturated heterocycles. The Morgan fingerprint density at radius 3 is 2.54 bits per heavy atom. The molecule has 0 spiro atoms. The average molecular weight is 393 g/mol. The topological polar surface area (TPSA) is 58.6 Å².